The Morgan fingerprint density at radius 1 is 1.32 bits per heavy atom. The quantitative estimate of drug-likeness (QED) is 0.804. The molecule has 19 heavy (non-hydrogen) atoms. The van der Waals surface area contributed by atoms with Crippen LogP contribution in [0.15, 0.2) is 0 Å². The van der Waals surface area contributed by atoms with E-state index in [1.165, 1.54) is 6.42 Å². The van der Waals surface area contributed by atoms with Crippen LogP contribution in [0.1, 0.15) is 53.4 Å². The summed E-state index contributed by atoms with van der Waals surface area (Å²) in [4.78, 5) is 12.0. The van der Waals surface area contributed by atoms with Crippen molar-refractivity contribution < 1.29 is 9.53 Å². The van der Waals surface area contributed by atoms with Gasteiger partial charge in [-0.2, -0.15) is 0 Å². The van der Waals surface area contributed by atoms with E-state index in [1.54, 1.807) is 7.11 Å². The first-order valence-electron chi connectivity index (χ1n) is 7.20. The summed E-state index contributed by atoms with van der Waals surface area (Å²) in [5.41, 5.74) is 6.12. The van der Waals surface area contributed by atoms with E-state index in [0.29, 0.717) is 13.0 Å². The van der Waals surface area contributed by atoms with E-state index in [2.05, 4.69) is 33.0 Å². The van der Waals surface area contributed by atoms with Gasteiger partial charge in [-0.3, -0.25) is 4.79 Å². The molecule has 0 aliphatic heterocycles. The fourth-order valence-corrected chi connectivity index (χ4v) is 3.70. The molecule has 0 radical (unpaired) electrons. The Morgan fingerprint density at radius 3 is 2.26 bits per heavy atom. The molecule has 1 saturated carbocycles. The minimum Gasteiger partial charge on any atom is -0.380 e. The van der Waals surface area contributed by atoms with Gasteiger partial charge in [0.1, 0.15) is 0 Å². The first kappa shape index (κ1) is 16.4. The number of rotatable bonds is 5. The average Bonchev–Trinajstić information content (AvgIpc) is 2.21. The van der Waals surface area contributed by atoms with Gasteiger partial charge in [-0.1, -0.05) is 27.7 Å². The van der Waals surface area contributed by atoms with Gasteiger partial charge in [0.15, 0.2) is 0 Å². The molecule has 4 nitrogen and oxygen atoms in total. The van der Waals surface area contributed by atoms with Crippen LogP contribution in [0.4, 0.5) is 0 Å². The monoisotopic (exact) mass is 270 g/mol. The first-order chi connectivity index (χ1) is 8.67. The highest BCUT2D eigenvalue weighted by atomic mass is 16.5. The number of nitrogens with one attached hydrogen (secondary N) is 1. The summed E-state index contributed by atoms with van der Waals surface area (Å²) in [7, 11) is 1.59. The molecule has 1 amide bonds. The molecule has 0 aromatic heterocycles. The van der Waals surface area contributed by atoms with Crippen molar-refractivity contribution in [2.24, 2.45) is 16.6 Å². The number of methoxy groups -OCH3 is 1. The lowest BCUT2D eigenvalue weighted by atomic mass is 9.63. The molecule has 3 N–H and O–H groups in total. The number of nitrogens with two attached hydrogens (primary N) is 1. The number of hydrogen-bond acceptors (Lipinski definition) is 3. The molecule has 0 saturated heterocycles. The normalized spacial score (nSPS) is 23.9. The van der Waals surface area contributed by atoms with Gasteiger partial charge in [0.25, 0.3) is 0 Å². The van der Waals surface area contributed by atoms with E-state index in [0.717, 1.165) is 12.8 Å². The standard InChI is InChI=1S/C15H30N2O2/c1-14(2)7-11(8-15(3,4)10-14)17-13(18)6-12(9-16)19-5/h11-12H,6-10,16H2,1-5H3,(H,17,18). The van der Waals surface area contributed by atoms with Crippen LogP contribution in [0.25, 0.3) is 0 Å². The molecular weight excluding hydrogens is 240 g/mol. The molecule has 1 aliphatic carbocycles. The second kappa shape index (κ2) is 6.23. The Bertz CT molecular complexity index is 293. The van der Waals surface area contributed by atoms with Crippen LogP contribution in [-0.2, 0) is 9.53 Å². The molecular formula is C15H30N2O2. The van der Waals surface area contributed by atoms with Crippen molar-refractivity contribution in [1.29, 1.82) is 0 Å². The SMILES string of the molecule is COC(CN)CC(=O)NC1CC(C)(C)CC(C)(C)C1. The first-order valence-corrected chi connectivity index (χ1v) is 7.20. The predicted octanol–water partition coefficient (Wildman–Crippen LogP) is 2.07. The lowest BCUT2D eigenvalue weighted by Crippen LogP contribution is -2.47. The van der Waals surface area contributed by atoms with E-state index in [9.17, 15) is 4.79 Å². The summed E-state index contributed by atoms with van der Waals surface area (Å²) < 4.78 is 5.16. The van der Waals surface area contributed by atoms with Gasteiger partial charge in [-0.15, -0.1) is 0 Å². The van der Waals surface area contributed by atoms with Gasteiger partial charge in [-0.05, 0) is 30.1 Å². The Balaban J connectivity index is 2.54. The van der Waals surface area contributed by atoms with Gasteiger partial charge in [0.2, 0.25) is 5.91 Å². The van der Waals surface area contributed by atoms with Gasteiger partial charge >= 0.3 is 0 Å². The topological polar surface area (TPSA) is 64.3 Å². The van der Waals surface area contributed by atoms with Gasteiger partial charge in [0.05, 0.1) is 12.5 Å². The van der Waals surface area contributed by atoms with E-state index < -0.39 is 0 Å². The van der Waals surface area contributed by atoms with Crippen molar-refractivity contribution in [1.82, 2.24) is 5.32 Å². The second-order valence-electron chi connectivity index (χ2n) is 7.48. The van der Waals surface area contributed by atoms with Gasteiger partial charge in [-0.25, -0.2) is 0 Å². The molecule has 112 valence electrons. The maximum Gasteiger partial charge on any atom is 0.222 e. The van der Waals surface area contributed by atoms with Crippen LogP contribution in [0.2, 0.25) is 0 Å². The van der Waals surface area contributed by atoms with Gasteiger partial charge in [0, 0.05) is 19.7 Å². The van der Waals surface area contributed by atoms with Crippen molar-refractivity contribution in [3.8, 4) is 0 Å². The summed E-state index contributed by atoms with van der Waals surface area (Å²) in [6.07, 6.45) is 3.47. The predicted molar refractivity (Wildman–Crippen MR) is 77.8 cm³/mol. The summed E-state index contributed by atoms with van der Waals surface area (Å²) in [5, 5.41) is 3.15. The maximum absolute atomic E-state index is 12.0. The Kier molecular flexibility index (Phi) is 5.39. The van der Waals surface area contributed by atoms with Crippen LogP contribution in [-0.4, -0.2) is 31.7 Å². The molecule has 1 fully saturated rings. The number of carbonyl (C=O) groups excluding carboxylic acids is 1. The zero-order valence-electron chi connectivity index (χ0n) is 13.1. The molecule has 1 unspecified atom stereocenters. The molecule has 1 rings (SSSR count). The third-order valence-electron chi connectivity index (χ3n) is 3.93. The Morgan fingerprint density at radius 2 is 1.84 bits per heavy atom. The number of ether oxygens (including phenoxy) is 1. The molecule has 0 aromatic rings. The van der Waals surface area contributed by atoms with E-state index in [4.69, 9.17) is 10.5 Å². The second-order valence-corrected chi connectivity index (χ2v) is 7.48. The molecule has 0 heterocycles. The van der Waals surface area contributed by atoms with Crippen LogP contribution in [0.5, 0.6) is 0 Å². The van der Waals surface area contributed by atoms with Crippen LogP contribution in [0, 0.1) is 10.8 Å². The number of amides is 1. The lowest BCUT2D eigenvalue weighted by Gasteiger charge is -2.45. The van der Waals surface area contributed by atoms with E-state index >= 15 is 0 Å². The van der Waals surface area contributed by atoms with E-state index in [1.807, 2.05) is 0 Å². The highest BCUT2D eigenvalue weighted by Crippen LogP contribution is 2.45. The summed E-state index contributed by atoms with van der Waals surface area (Å²) in [6.45, 7) is 9.51. The number of carbonyl (C=O) groups is 1. The summed E-state index contributed by atoms with van der Waals surface area (Å²) in [6, 6.07) is 0.265. The minimum atomic E-state index is -0.176. The summed E-state index contributed by atoms with van der Waals surface area (Å²) >= 11 is 0. The van der Waals surface area contributed by atoms with Crippen molar-refractivity contribution >= 4 is 5.91 Å². The minimum absolute atomic E-state index is 0.0517. The maximum atomic E-state index is 12.0. The number of hydrogen-bond donors (Lipinski definition) is 2. The van der Waals surface area contributed by atoms with Crippen LogP contribution < -0.4 is 11.1 Å². The fourth-order valence-electron chi connectivity index (χ4n) is 3.70. The largest absolute Gasteiger partial charge is 0.380 e. The highest BCUT2D eigenvalue weighted by Gasteiger charge is 2.38. The Labute approximate surface area is 117 Å². The van der Waals surface area contributed by atoms with Crippen molar-refractivity contribution in [3.05, 3.63) is 0 Å². The van der Waals surface area contributed by atoms with Crippen molar-refractivity contribution in [2.45, 2.75) is 65.5 Å². The third kappa shape index (κ3) is 5.49. The van der Waals surface area contributed by atoms with Crippen molar-refractivity contribution in [3.63, 3.8) is 0 Å². The third-order valence-corrected chi connectivity index (χ3v) is 3.93. The lowest BCUT2D eigenvalue weighted by molar-refractivity contribution is -0.124. The molecule has 0 spiro atoms. The van der Waals surface area contributed by atoms with E-state index in [-0.39, 0.29) is 28.9 Å². The molecule has 0 aromatic carbocycles. The fraction of sp³-hybridized carbons (Fsp3) is 0.933. The highest BCUT2D eigenvalue weighted by molar-refractivity contribution is 5.76. The molecule has 1 atom stereocenters. The van der Waals surface area contributed by atoms with Crippen LogP contribution >= 0.6 is 0 Å². The smallest absolute Gasteiger partial charge is 0.222 e. The zero-order chi connectivity index (χ0) is 14.7. The summed E-state index contributed by atoms with van der Waals surface area (Å²) in [5.74, 6) is 0.0517. The van der Waals surface area contributed by atoms with Crippen LogP contribution in [0.3, 0.4) is 0 Å². The molecule has 0 bridgehead atoms. The molecule has 1 aliphatic rings. The molecule has 4 heteroatoms. The Hall–Kier alpha value is -0.610. The average molecular weight is 270 g/mol. The zero-order valence-corrected chi connectivity index (χ0v) is 13.1. The van der Waals surface area contributed by atoms with Crippen molar-refractivity contribution in [2.75, 3.05) is 13.7 Å². The van der Waals surface area contributed by atoms with Gasteiger partial charge < -0.3 is 15.8 Å².